The van der Waals surface area contributed by atoms with Crippen LogP contribution in [-0.4, -0.2) is 27.9 Å². The van der Waals surface area contributed by atoms with E-state index in [-0.39, 0.29) is 0 Å². The van der Waals surface area contributed by atoms with Crippen LogP contribution >= 0.6 is 0 Å². The van der Waals surface area contributed by atoms with Crippen LogP contribution in [0.1, 0.15) is 6.92 Å². The number of carbonyl (C=O) groups is 1. The molecule has 0 saturated carbocycles. The van der Waals surface area contributed by atoms with Gasteiger partial charge in [0.2, 0.25) is 5.76 Å². The number of terminal acetylenes is 1. The topological polar surface area (TPSA) is 66.8 Å². The normalized spacial score (nSPS) is 30.4. The lowest BCUT2D eigenvalue weighted by Crippen LogP contribution is -2.37. The lowest BCUT2D eigenvalue weighted by molar-refractivity contribution is -0.152. The highest BCUT2D eigenvalue weighted by molar-refractivity contribution is 5.89. The van der Waals surface area contributed by atoms with Crippen LogP contribution in [0.2, 0.25) is 0 Å². The van der Waals surface area contributed by atoms with E-state index >= 15 is 0 Å². The second kappa shape index (κ2) is 2.54. The highest BCUT2D eigenvalue weighted by Gasteiger charge is 2.41. The van der Waals surface area contributed by atoms with E-state index in [9.17, 15) is 9.90 Å². The summed E-state index contributed by atoms with van der Waals surface area (Å²) in [5, 5.41) is 18.1. The van der Waals surface area contributed by atoms with E-state index in [2.05, 4.69) is 4.74 Å². The number of hydrogen-bond donors (Lipinski definition) is 2. The molecule has 0 fully saturated rings. The molecule has 1 heterocycles. The van der Waals surface area contributed by atoms with E-state index in [0.717, 1.165) is 6.08 Å². The quantitative estimate of drug-likeness (QED) is 0.418. The Morgan fingerprint density at radius 3 is 2.75 bits per heavy atom. The molecule has 0 aromatic heterocycles. The van der Waals surface area contributed by atoms with Crippen molar-refractivity contribution in [1.29, 1.82) is 0 Å². The second-order valence-electron chi connectivity index (χ2n) is 2.67. The smallest absolute Gasteiger partial charge is 0.374 e. The summed E-state index contributed by atoms with van der Waals surface area (Å²) in [6.45, 7) is 1.42. The van der Waals surface area contributed by atoms with Crippen LogP contribution in [0.4, 0.5) is 0 Å². The fourth-order valence-electron chi connectivity index (χ4n) is 0.912. The maximum Gasteiger partial charge on any atom is 0.374 e. The van der Waals surface area contributed by atoms with Gasteiger partial charge in [-0.1, -0.05) is 5.92 Å². The zero-order valence-corrected chi connectivity index (χ0v) is 6.44. The Hall–Kier alpha value is -1.47. The maximum absolute atomic E-state index is 10.7. The van der Waals surface area contributed by atoms with Crippen molar-refractivity contribution in [2.45, 2.75) is 18.6 Å². The van der Waals surface area contributed by atoms with Gasteiger partial charge in [-0.3, -0.25) is 0 Å². The molecular formula is C8H8O4. The Kier molecular flexibility index (Phi) is 1.82. The molecule has 4 heteroatoms. The fourth-order valence-corrected chi connectivity index (χ4v) is 0.912. The van der Waals surface area contributed by atoms with Crippen LogP contribution in [0.25, 0.3) is 0 Å². The number of rotatable bonds is 1. The molecule has 0 aromatic rings. The predicted molar refractivity (Wildman–Crippen MR) is 40.0 cm³/mol. The zero-order chi connectivity index (χ0) is 9.35. The van der Waals surface area contributed by atoms with Crippen LogP contribution in [0.5, 0.6) is 0 Å². The molecule has 0 radical (unpaired) electrons. The van der Waals surface area contributed by atoms with E-state index in [0.29, 0.717) is 0 Å². The van der Waals surface area contributed by atoms with E-state index in [1.807, 2.05) is 5.92 Å². The van der Waals surface area contributed by atoms with Crippen molar-refractivity contribution < 1.29 is 19.7 Å². The van der Waals surface area contributed by atoms with E-state index in [1.54, 1.807) is 0 Å². The zero-order valence-electron chi connectivity index (χ0n) is 6.44. The maximum atomic E-state index is 10.7. The Labute approximate surface area is 69.5 Å². The third kappa shape index (κ3) is 1.15. The minimum Gasteiger partial charge on any atom is -0.502 e. The molecule has 0 spiro atoms. The lowest BCUT2D eigenvalue weighted by atomic mass is 10.0. The standard InChI is InChI=1S/C8H8O4/c1-3-6(10)8(2)4-5(9)7(11)12-8/h1,4,6,9-10H,2H3/t6-,8+/m1/s1. The Bertz CT molecular complexity index is 286. The van der Waals surface area contributed by atoms with Crippen LogP contribution in [0.3, 0.4) is 0 Å². The number of carbonyl (C=O) groups excluding carboxylic acids is 1. The second-order valence-corrected chi connectivity index (χ2v) is 2.67. The molecule has 1 rings (SSSR count). The predicted octanol–water partition coefficient (Wildman–Crippen LogP) is -0.262. The molecule has 1 aliphatic heterocycles. The summed E-state index contributed by atoms with van der Waals surface area (Å²) in [6.07, 6.45) is 4.78. The number of aliphatic hydroxyl groups excluding tert-OH is 2. The third-order valence-electron chi connectivity index (χ3n) is 1.65. The van der Waals surface area contributed by atoms with Crippen molar-refractivity contribution in [1.82, 2.24) is 0 Å². The highest BCUT2D eigenvalue weighted by Crippen LogP contribution is 2.26. The molecule has 0 unspecified atom stereocenters. The van der Waals surface area contributed by atoms with Crippen molar-refractivity contribution in [2.75, 3.05) is 0 Å². The number of ether oxygens (including phenoxy) is 1. The minimum absolute atomic E-state index is 0.521. The van der Waals surface area contributed by atoms with Crippen LogP contribution in [-0.2, 0) is 9.53 Å². The number of hydrogen-bond acceptors (Lipinski definition) is 4. The monoisotopic (exact) mass is 168 g/mol. The molecule has 0 amide bonds. The summed E-state index contributed by atoms with van der Waals surface area (Å²) in [4.78, 5) is 10.7. The average Bonchev–Trinajstić information content (AvgIpc) is 2.26. The number of esters is 1. The minimum atomic E-state index is -1.30. The molecule has 0 saturated heterocycles. The van der Waals surface area contributed by atoms with Gasteiger partial charge in [0.25, 0.3) is 0 Å². The van der Waals surface area contributed by atoms with Gasteiger partial charge in [-0.15, -0.1) is 6.42 Å². The summed E-state index contributed by atoms with van der Waals surface area (Å²) in [5.74, 6) is 0.621. The van der Waals surface area contributed by atoms with Crippen LogP contribution < -0.4 is 0 Å². The highest BCUT2D eigenvalue weighted by atomic mass is 16.6. The summed E-state index contributed by atoms with van der Waals surface area (Å²) in [7, 11) is 0. The fraction of sp³-hybridized carbons (Fsp3) is 0.375. The molecule has 0 aromatic carbocycles. The molecule has 1 aliphatic rings. The molecular weight excluding hydrogens is 160 g/mol. The summed E-state index contributed by atoms with van der Waals surface area (Å²) >= 11 is 0. The Balaban J connectivity index is 2.93. The van der Waals surface area contributed by atoms with Gasteiger partial charge in [-0.25, -0.2) is 4.79 Å². The Morgan fingerprint density at radius 2 is 2.42 bits per heavy atom. The summed E-state index contributed by atoms with van der Waals surface area (Å²) in [5.41, 5.74) is -1.30. The number of cyclic esters (lactones) is 1. The van der Waals surface area contributed by atoms with Crippen molar-refractivity contribution in [3.05, 3.63) is 11.8 Å². The van der Waals surface area contributed by atoms with Crippen molar-refractivity contribution in [3.63, 3.8) is 0 Å². The van der Waals surface area contributed by atoms with E-state index < -0.39 is 23.4 Å². The molecule has 0 aliphatic carbocycles. The van der Waals surface area contributed by atoms with Gasteiger partial charge in [0.1, 0.15) is 0 Å². The SMILES string of the molecule is C#C[C@@H](O)[C@]1(C)C=C(O)C(=O)O1. The van der Waals surface area contributed by atoms with Gasteiger partial charge < -0.3 is 14.9 Å². The van der Waals surface area contributed by atoms with Gasteiger partial charge in [0.05, 0.1) is 0 Å². The van der Waals surface area contributed by atoms with Crippen molar-refractivity contribution >= 4 is 5.97 Å². The van der Waals surface area contributed by atoms with E-state index in [4.69, 9.17) is 11.5 Å². The van der Waals surface area contributed by atoms with E-state index in [1.165, 1.54) is 6.92 Å². The molecule has 64 valence electrons. The van der Waals surface area contributed by atoms with Crippen molar-refractivity contribution in [2.24, 2.45) is 0 Å². The van der Waals surface area contributed by atoms with Gasteiger partial charge in [0.15, 0.2) is 11.7 Å². The molecule has 4 nitrogen and oxygen atoms in total. The summed E-state index contributed by atoms with van der Waals surface area (Å²) in [6, 6.07) is 0. The third-order valence-corrected chi connectivity index (χ3v) is 1.65. The molecule has 0 bridgehead atoms. The van der Waals surface area contributed by atoms with Crippen LogP contribution in [0.15, 0.2) is 11.8 Å². The van der Waals surface area contributed by atoms with Gasteiger partial charge in [0, 0.05) is 6.08 Å². The summed E-state index contributed by atoms with van der Waals surface area (Å²) < 4.78 is 4.64. The number of aliphatic hydroxyl groups is 2. The first-order valence-electron chi connectivity index (χ1n) is 3.29. The van der Waals surface area contributed by atoms with Gasteiger partial charge >= 0.3 is 5.97 Å². The molecule has 12 heavy (non-hydrogen) atoms. The first kappa shape index (κ1) is 8.62. The first-order chi connectivity index (χ1) is 5.49. The largest absolute Gasteiger partial charge is 0.502 e. The van der Waals surface area contributed by atoms with Gasteiger partial charge in [-0.05, 0) is 6.92 Å². The first-order valence-corrected chi connectivity index (χ1v) is 3.29. The van der Waals surface area contributed by atoms with Crippen LogP contribution in [0, 0.1) is 12.3 Å². The average molecular weight is 168 g/mol. The van der Waals surface area contributed by atoms with Crippen molar-refractivity contribution in [3.8, 4) is 12.3 Å². The van der Waals surface area contributed by atoms with Gasteiger partial charge in [-0.2, -0.15) is 0 Å². The lowest BCUT2D eigenvalue weighted by Gasteiger charge is -2.22. The Morgan fingerprint density at radius 1 is 1.83 bits per heavy atom. The molecule has 2 N–H and O–H groups in total. The molecule has 2 atom stereocenters.